The molecule has 2 N–H and O–H groups in total. The third-order valence-electron chi connectivity index (χ3n) is 17.5. The van der Waals surface area contributed by atoms with E-state index in [9.17, 15) is 50.5 Å². The van der Waals surface area contributed by atoms with E-state index < -0.39 is 60.1 Å². The first-order valence-electron chi connectivity index (χ1n) is 33.1. The Kier molecular flexibility index (Phi) is 29.1. The van der Waals surface area contributed by atoms with Crippen LogP contribution in [-0.4, -0.2) is 120 Å². The van der Waals surface area contributed by atoms with Crippen molar-refractivity contribution in [2.75, 3.05) is 52.4 Å². The monoisotopic (exact) mass is 1560 g/mol. The second-order valence-corrected chi connectivity index (χ2v) is 37.3. The second-order valence-electron chi connectivity index (χ2n) is 25.4. The quantitative estimate of drug-likeness (QED) is 0.0416. The van der Waals surface area contributed by atoms with Gasteiger partial charge in [-0.3, -0.25) is 0 Å². The SMILES string of the molecule is Cc1ccc(S(=O)(=O)N(CCN(Cc2c(C)cccc2C)S(=O)(=O)c2ccc(C)cc2)CCN(Cc2c(C)cccc2C)S(=O)(=O)c2ccc(C)cc2)cc1.Cc1ccc(S(=O)(=O)NCCN(CCNS(=O)(=O)c2ccc(C)cc2)S(=O)(=O)c2ccc(C)cc2)cc1.Cc1cccc(C)c1CBr. The smallest absolute Gasteiger partial charge is 0.210 e. The minimum absolute atomic E-state index is 0.0215. The van der Waals surface area contributed by atoms with E-state index in [-0.39, 0.29) is 94.8 Å². The molecular formula is C77H93BrN6O12S6. The van der Waals surface area contributed by atoms with Gasteiger partial charge in [0.05, 0.1) is 29.4 Å². The fourth-order valence-corrected chi connectivity index (χ4v) is 19.6. The van der Waals surface area contributed by atoms with E-state index in [0.29, 0.717) is 0 Å². The van der Waals surface area contributed by atoms with Crippen LogP contribution in [0.15, 0.2) is 230 Å². The first-order chi connectivity index (χ1) is 48.0. The van der Waals surface area contributed by atoms with E-state index in [4.69, 9.17) is 0 Å². The zero-order valence-corrected chi connectivity index (χ0v) is 66.3. The minimum Gasteiger partial charge on any atom is -0.210 e. The van der Waals surface area contributed by atoms with Crippen LogP contribution in [0.2, 0.25) is 0 Å². The van der Waals surface area contributed by atoms with Crippen LogP contribution in [0.25, 0.3) is 0 Å². The van der Waals surface area contributed by atoms with Gasteiger partial charge in [0.15, 0.2) is 0 Å². The van der Waals surface area contributed by atoms with Crippen molar-refractivity contribution in [3.8, 4) is 0 Å². The highest BCUT2D eigenvalue weighted by Crippen LogP contribution is 2.28. The Labute approximate surface area is 615 Å². The lowest BCUT2D eigenvalue weighted by atomic mass is 10.0. The van der Waals surface area contributed by atoms with Crippen molar-refractivity contribution >= 4 is 76.1 Å². The zero-order chi connectivity index (χ0) is 75.0. The van der Waals surface area contributed by atoms with Crippen LogP contribution in [0, 0.1) is 83.1 Å². The van der Waals surface area contributed by atoms with E-state index in [0.717, 1.165) is 76.4 Å². The maximum Gasteiger partial charge on any atom is 0.243 e. The molecule has 0 heterocycles. The molecular weight excluding hydrogens is 1470 g/mol. The van der Waals surface area contributed by atoms with Crippen LogP contribution < -0.4 is 9.44 Å². The summed E-state index contributed by atoms with van der Waals surface area (Å²) in [6, 6.07) is 56.3. The molecule has 18 nitrogen and oxygen atoms in total. The molecule has 0 atom stereocenters. The van der Waals surface area contributed by atoms with Crippen molar-refractivity contribution in [3.05, 3.63) is 284 Å². The fourth-order valence-electron chi connectivity index (χ4n) is 11.0. The van der Waals surface area contributed by atoms with E-state index in [1.165, 1.54) is 78.1 Å². The lowest BCUT2D eigenvalue weighted by Gasteiger charge is -2.30. The summed E-state index contributed by atoms with van der Waals surface area (Å²) in [4.78, 5) is 0.389. The van der Waals surface area contributed by atoms with Gasteiger partial charge in [-0.2, -0.15) is 17.2 Å². The van der Waals surface area contributed by atoms with Gasteiger partial charge in [-0.25, -0.2) is 60.0 Å². The van der Waals surface area contributed by atoms with Gasteiger partial charge in [0.2, 0.25) is 60.1 Å². The zero-order valence-electron chi connectivity index (χ0n) is 59.8. The number of alkyl halides is 1. The van der Waals surface area contributed by atoms with Crippen molar-refractivity contribution in [2.45, 2.75) is 131 Å². The summed E-state index contributed by atoms with van der Waals surface area (Å²) in [6.07, 6.45) is 0. The summed E-state index contributed by atoms with van der Waals surface area (Å²) in [6.45, 7) is 21.5. The van der Waals surface area contributed by atoms with Crippen LogP contribution in [0.1, 0.15) is 83.5 Å². The Morgan fingerprint density at radius 1 is 0.255 bits per heavy atom. The van der Waals surface area contributed by atoms with Crippen molar-refractivity contribution in [2.24, 2.45) is 0 Å². The van der Waals surface area contributed by atoms with Crippen molar-refractivity contribution in [1.29, 1.82) is 0 Å². The fraction of sp³-hybridized carbons (Fsp3) is 0.299. The third kappa shape index (κ3) is 22.0. The molecule has 0 fully saturated rings. The number of halogens is 1. The second kappa shape index (κ2) is 36.1. The van der Waals surface area contributed by atoms with Gasteiger partial charge in [0.1, 0.15) is 0 Å². The van der Waals surface area contributed by atoms with E-state index in [2.05, 4.69) is 57.4 Å². The molecule has 0 aromatic heterocycles. The third-order valence-corrected chi connectivity index (χ3v) is 28.6. The molecule has 9 aromatic carbocycles. The van der Waals surface area contributed by atoms with Gasteiger partial charge < -0.3 is 0 Å². The molecule has 9 rings (SSSR count). The van der Waals surface area contributed by atoms with Crippen molar-refractivity contribution < 1.29 is 50.5 Å². The average Bonchev–Trinajstić information content (AvgIpc) is 0.815. The molecule has 546 valence electrons. The molecule has 102 heavy (non-hydrogen) atoms. The Morgan fingerprint density at radius 2 is 0.451 bits per heavy atom. The number of sulfonamides is 6. The lowest BCUT2D eigenvalue weighted by molar-refractivity contribution is 0.311. The normalized spacial score (nSPS) is 12.3. The maximum atomic E-state index is 14.5. The number of aryl methyl sites for hydroxylation is 12. The molecule has 0 radical (unpaired) electrons. The summed E-state index contributed by atoms with van der Waals surface area (Å²) in [5, 5.41) is 0.964. The van der Waals surface area contributed by atoms with Gasteiger partial charge in [-0.05, 0) is 206 Å². The van der Waals surface area contributed by atoms with Crippen LogP contribution >= 0.6 is 15.9 Å². The first kappa shape index (κ1) is 82.2. The summed E-state index contributed by atoms with van der Waals surface area (Å²) in [5.41, 5.74) is 14.8. The number of rotatable bonds is 29. The Balaban J connectivity index is 0.000000265. The average molecular weight is 1570 g/mol. The molecule has 0 aliphatic heterocycles. The van der Waals surface area contributed by atoms with Gasteiger partial charge in [0, 0.05) is 70.8 Å². The maximum absolute atomic E-state index is 14.5. The van der Waals surface area contributed by atoms with Crippen molar-refractivity contribution in [3.63, 3.8) is 0 Å². The number of benzene rings is 9. The highest BCUT2D eigenvalue weighted by molar-refractivity contribution is 9.08. The van der Waals surface area contributed by atoms with Crippen LogP contribution in [0.3, 0.4) is 0 Å². The minimum atomic E-state index is -4.23. The molecule has 0 spiro atoms. The van der Waals surface area contributed by atoms with Gasteiger partial charge >= 0.3 is 0 Å². The lowest BCUT2D eigenvalue weighted by Crippen LogP contribution is -2.45. The number of hydrogen-bond donors (Lipinski definition) is 2. The molecule has 0 saturated carbocycles. The van der Waals surface area contributed by atoms with Crippen LogP contribution in [0.4, 0.5) is 0 Å². The molecule has 0 bridgehead atoms. The number of nitrogens with one attached hydrogen (secondary N) is 2. The van der Waals surface area contributed by atoms with Gasteiger partial charge in [-0.15, -0.1) is 0 Å². The highest BCUT2D eigenvalue weighted by atomic mass is 79.9. The van der Waals surface area contributed by atoms with Gasteiger partial charge in [0.25, 0.3) is 0 Å². The van der Waals surface area contributed by atoms with Crippen molar-refractivity contribution in [1.82, 2.24) is 26.7 Å². The van der Waals surface area contributed by atoms with E-state index in [1.807, 2.05) is 106 Å². The molecule has 0 saturated heterocycles. The Bertz CT molecular complexity index is 4760. The summed E-state index contributed by atoms with van der Waals surface area (Å²) in [7, 11) is -24.2. The summed E-state index contributed by atoms with van der Waals surface area (Å²) >= 11 is 3.46. The topological polar surface area (TPSA) is 242 Å². The standard InChI is InChI=1S/C43H51N3O6S3.C25H31N3O6S3.C9H11Br/c1-32-14-20-39(21-15-32)53(47,48)44(26-28-45(30-42-35(4)10-8-11-36(42)5)54(49,50)40-22-16-33(2)17-23-40)27-29-46(31-43-37(6)12-9-13-38(43)7)55(51,52)41-24-18-34(3)19-25-41;1-20-4-10-23(11-5-20)35(29,30)26-16-18-28(37(33,34)25-14-8-22(3)9-15-25)19-17-27-36(31,32)24-12-6-21(2)7-13-24;1-7-4-3-5-8(2)9(7)6-10/h8-25H,26-31H2,1-7H3;4-15,26-27H,16-19H2,1-3H3;3-5H,6H2,1-2H3. The number of nitrogens with zero attached hydrogens (tertiary/aromatic N) is 4. The van der Waals surface area contributed by atoms with Crippen LogP contribution in [0.5, 0.6) is 0 Å². The van der Waals surface area contributed by atoms with Gasteiger partial charge in [-0.1, -0.05) is 177 Å². The summed E-state index contributed by atoms with van der Waals surface area (Å²) in [5.74, 6) is 0. The predicted octanol–water partition coefficient (Wildman–Crippen LogP) is 13.4. The van der Waals surface area contributed by atoms with E-state index >= 15 is 0 Å². The molecule has 0 amide bonds. The van der Waals surface area contributed by atoms with E-state index in [1.54, 1.807) is 97.1 Å². The molecule has 0 unspecified atom stereocenters. The Hall–Kier alpha value is -7.08. The predicted molar refractivity (Wildman–Crippen MR) is 411 cm³/mol. The molecule has 0 aliphatic rings. The molecule has 25 heteroatoms. The summed E-state index contributed by atoms with van der Waals surface area (Å²) < 4.78 is 173. The Morgan fingerprint density at radius 3 is 0.676 bits per heavy atom. The molecule has 9 aromatic rings. The highest BCUT2D eigenvalue weighted by Gasteiger charge is 2.34. The van der Waals surface area contributed by atoms with Crippen LogP contribution in [-0.2, 0) is 78.6 Å². The molecule has 0 aliphatic carbocycles. The largest absolute Gasteiger partial charge is 0.243 e. The first-order valence-corrected chi connectivity index (χ1v) is 42.9. The number of hydrogen-bond acceptors (Lipinski definition) is 12.